The van der Waals surface area contributed by atoms with E-state index in [4.69, 9.17) is 24.5 Å². The minimum absolute atomic E-state index is 0.344. The normalized spacial score (nSPS) is 18.1. The number of piperazine rings is 1. The quantitative estimate of drug-likeness (QED) is 0.549. The van der Waals surface area contributed by atoms with Crippen molar-refractivity contribution in [2.45, 2.75) is 30.3 Å². The molecule has 0 bridgehead atoms. The molecular weight excluding hydrogens is 486 g/mol. The third kappa shape index (κ3) is 7.50. The van der Waals surface area contributed by atoms with Gasteiger partial charge < -0.3 is 14.9 Å². The number of methoxy groups -OCH3 is 1. The number of ether oxygens (including phenoxy) is 1. The van der Waals surface area contributed by atoms with E-state index in [1.165, 1.54) is 5.56 Å². The molecule has 2 aliphatic heterocycles. The molecule has 2 aromatic carbocycles. The Kier molecular flexibility index (Phi) is 9.82. The van der Waals surface area contributed by atoms with Crippen LogP contribution >= 0.6 is 0 Å². The van der Waals surface area contributed by atoms with E-state index in [0.29, 0.717) is 29.8 Å². The molecule has 2 aliphatic rings. The second-order valence-corrected chi connectivity index (χ2v) is 10.7. The van der Waals surface area contributed by atoms with Gasteiger partial charge in [0.2, 0.25) is 10.0 Å². The highest BCUT2D eigenvalue weighted by atomic mass is 32.2. The van der Waals surface area contributed by atoms with Crippen molar-refractivity contribution < 1.29 is 33.0 Å². The van der Waals surface area contributed by atoms with Crippen LogP contribution < -0.4 is 4.74 Å². The van der Waals surface area contributed by atoms with Crippen molar-refractivity contribution in [3.63, 3.8) is 0 Å². The number of carboxylic acids is 2. The first kappa shape index (κ1) is 27.6. The van der Waals surface area contributed by atoms with Crippen molar-refractivity contribution in [3.8, 4) is 5.75 Å². The lowest BCUT2D eigenvalue weighted by molar-refractivity contribution is -0.159. The van der Waals surface area contributed by atoms with E-state index < -0.39 is 22.0 Å². The number of hydrogen-bond donors (Lipinski definition) is 2. The lowest BCUT2D eigenvalue weighted by atomic mass is 10.0. The molecule has 4 rings (SSSR count). The average Bonchev–Trinajstić information content (AvgIpc) is 2.90. The van der Waals surface area contributed by atoms with E-state index in [9.17, 15) is 8.42 Å². The lowest BCUT2D eigenvalue weighted by Gasteiger charge is -2.42. The number of benzene rings is 2. The van der Waals surface area contributed by atoms with Gasteiger partial charge in [-0.3, -0.25) is 9.80 Å². The van der Waals surface area contributed by atoms with Crippen LogP contribution in [-0.4, -0.2) is 97.1 Å². The van der Waals surface area contributed by atoms with Crippen molar-refractivity contribution in [1.82, 2.24) is 14.1 Å². The number of aliphatic carboxylic acids is 2. The van der Waals surface area contributed by atoms with Crippen LogP contribution in [0.25, 0.3) is 0 Å². The maximum atomic E-state index is 13.0. The Hall–Kier alpha value is -2.99. The van der Waals surface area contributed by atoms with Gasteiger partial charge in [-0.2, -0.15) is 4.31 Å². The molecule has 2 aromatic rings. The van der Waals surface area contributed by atoms with E-state index in [-0.39, 0.29) is 0 Å². The Labute approximate surface area is 211 Å². The fraction of sp³-hybridized carbons (Fsp3) is 0.440. The first-order valence-corrected chi connectivity index (χ1v) is 13.3. The van der Waals surface area contributed by atoms with Crippen LogP contribution in [0.1, 0.15) is 18.4 Å². The van der Waals surface area contributed by atoms with Gasteiger partial charge in [0.15, 0.2) is 0 Å². The highest BCUT2D eigenvalue weighted by Crippen LogP contribution is 2.25. The minimum Gasteiger partial charge on any atom is -0.497 e. The number of carbonyl (C=O) groups is 2. The molecule has 2 N–H and O–H groups in total. The number of nitrogens with zero attached hydrogens (tertiary/aromatic N) is 3. The zero-order chi connectivity index (χ0) is 26.1. The fourth-order valence-corrected chi connectivity index (χ4v) is 5.94. The molecule has 0 aromatic heterocycles. The molecule has 0 aliphatic carbocycles. The summed E-state index contributed by atoms with van der Waals surface area (Å²) in [6.07, 6.45) is 1.79. The largest absolute Gasteiger partial charge is 0.497 e. The van der Waals surface area contributed by atoms with Crippen LogP contribution in [-0.2, 0) is 26.2 Å². The molecule has 0 spiro atoms. The third-order valence-corrected chi connectivity index (χ3v) is 8.39. The predicted molar refractivity (Wildman–Crippen MR) is 133 cm³/mol. The molecule has 196 valence electrons. The van der Waals surface area contributed by atoms with Gasteiger partial charge in [0, 0.05) is 51.9 Å². The van der Waals surface area contributed by atoms with Crippen LogP contribution in [0.3, 0.4) is 0 Å². The number of piperidine rings is 1. The number of sulfonamides is 1. The standard InChI is InChI=1S/C23H31N3O3S.C2H2O4/c1-29-22-7-9-23(10-8-22)30(27,28)26-13-11-21(12-14-26)25-17-15-24(16-18-25)19-20-5-3-2-4-6-20;3-1(4)2(5)6/h2-10,21H,11-19H2,1H3;(H,3,4)(H,5,6). The Morgan fingerprint density at radius 2 is 1.42 bits per heavy atom. The monoisotopic (exact) mass is 519 g/mol. The highest BCUT2D eigenvalue weighted by Gasteiger charge is 2.32. The first-order valence-electron chi connectivity index (χ1n) is 11.8. The molecule has 2 saturated heterocycles. The molecule has 36 heavy (non-hydrogen) atoms. The second-order valence-electron chi connectivity index (χ2n) is 8.72. The van der Waals surface area contributed by atoms with Gasteiger partial charge in [-0.15, -0.1) is 0 Å². The van der Waals surface area contributed by atoms with Crippen molar-refractivity contribution in [2.75, 3.05) is 46.4 Å². The molecular formula is C25H33N3O7S. The summed E-state index contributed by atoms with van der Waals surface area (Å²) in [5.74, 6) is -2.98. The summed E-state index contributed by atoms with van der Waals surface area (Å²) in [6.45, 7) is 6.43. The topological polar surface area (TPSA) is 128 Å². The van der Waals surface area contributed by atoms with E-state index >= 15 is 0 Å². The summed E-state index contributed by atoms with van der Waals surface area (Å²) in [5.41, 5.74) is 1.36. The Bertz CT molecular complexity index is 1080. The molecule has 11 heteroatoms. The second kappa shape index (κ2) is 12.8. The Morgan fingerprint density at radius 1 is 0.861 bits per heavy atom. The van der Waals surface area contributed by atoms with E-state index in [1.807, 2.05) is 0 Å². The van der Waals surface area contributed by atoms with Gasteiger partial charge in [0.1, 0.15) is 5.75 Å². The fourth-order valence-electron chi connectivity index (χ4n) is 4.47. The van der Waals surface area contributed by atoms with Crippen molar-refractivity contribution in [3.05, 3.63) is 60.2 Å². The maximum Gasteiger partial charge on any atom is 0.414 e. The molecule has 2 fully saturated rings. The van der Waals surface area contributed by atoms with Crippen molar-refractivity contribution >= 4 is 22.0 Å². The SMILES string of the molecule is COc1ccc(S(=O)(=O)N2CCC(N3CCN(Cc4ccccc4)CC3)CC2)cc1.O=C(O)C(=O)O. The summed E-state index contributed by atoms with van der Waals surface area (Å²) in [4.78, 5) is 23.6. The number of rotatable bonds is 6. The van der Waals surface area contributed by atoms with Gasteiger partial charge in [-0.05, 0) is 42.7 Å². The Morgan fingerprint density at radius 3 is 1.92 bits per heavy atom. The molecule has 2 heterocycles. The van der Waals surface area contributed by atoms with Crippen molar-refractivity contribution in [1.29, 1.82) is 0 Å². The predicted octanol–water partition coefficient (Wildman–Crippen LogP) is 1.82. The highest BCUT2D eigenvalue weighted by molar-refractivity contribution is 7.89. The van der Waals surface area contributed by atoms with Gasteiger partial charge in [0.05, 0.1) is 12.0 Å². The minimum atomic E-state index is -3.43. The van der Waals surface area contributed by atoms with Crippen LogP contribution in [0.4, 0.5) is 0 Å². The lowest BCUT2D eigenvalue weighted by Crippen LogP contribution is -2.53. The summed E-state index contributed by atoms with van der Waals surface area (Å²) >= 11 is 0. The van der Waals surface area contributed by atoms with Crippen LogP contribution in [0.15, 0.2) is 59.5 Å². The zero-order valence-corrected chi connectivity index (χ0v) is 21.1. The summed E-state index contributed by atoms with van der Waals surface area (Å²) in [6, 6.07) is 17.8. The summed E-state index contributed by atoms with van der Waals surface area (Å²) in [5, 5.41) is 14.8. The first-order chi connectivity index (χ1) is 17.2. The van der Waals surface area contributed by atoms with Gasteiger partial charge >= 0.3 is 11.9 Å². The van der Waals surface area contributed by atoms with E-state index in [0.717, 1.165) is 45.6 Å². The molecule has 10 nitrogen and oxygen atoms in total. The van der Waals surface area contributed by atoms with Crippen LogP contribution in [0, 0.1) is 0 Å². The Balaban J connectivity index is 0.000000538. The van der Waals surface area contributed by atoms with Crippen molar-refractivity contribution in [2.24, 2.45) is 0 Å². The average molecular weight is 520 g/mol. The summed E-state index contributed by atoms with van der Waals surface area (Å²) < 4.78 is 32.7. The molecule has 0 radical (unpaired) electrons. The van der Waals surface area contributed by atoms with Crippen LogP contribution in [0.5, 0.6) is 5.75 Å². The van der Waals surface area contributed by atoms with Crippen LogP contribution in [0.2, 0.25) is 0 Å². The van der Waals surface area contributed by atoms with Gasteiger partial charge in [-0.1, -0.05) is 30.3 Å². The van der Waals surface area contributed by atoms with Gasteiger partial charge in [-0.25, -0.2) is 18.0 Å². The molecule has 0 saturated carbocycles. The van der Waals surface area contributed by atoms with Gasteiger partial charge in [0.25, 0.3) is 0 Å². The summed E-state index contributed by atoms with van der Waals surface area (Å²) in [7, 11) is -1.85. The maximum absolute atomic E-state index is 13.0. The smallest absolute Gasteiger partial charge is 0.414 e. The number of carboxylic acid groups (broad SMARTS) is 2. The zero-order valence-electron chi connectivity index (χ0n) is 20.3. The molecule has 0 atom stereocenters. The molecule has 0 amide bonds. The molecule has 0 unspecified atom stereocenters. The number of hydrogen-bond acceptors (Lipinski definition) is 7. The third-order valence-electron chi connectivity index (χ3n) is 6.48. The van der Waals surface area contributed by atoms with E-state index in [2.05, 4.69) is 40.1 Å². The van der Waals surface area contributed by atoms with E-state index in [1.54, 1.807) is 35.7 Å².